The maximum atomic E-state index is 12.2. The quantitative estimate of drug-likeness (QED) is 0.711. The molecule has 4 rings (SSSR count). The van der Waals surface area contributed by atoms with Crippen LogP contribution in [0, 0.1) is 28.6 Å². The minimum Gasteiger partial charge on any atom is -0.432 e. The van der Waals surface area contributed by atoms with Gasteiger partial charge in [-0.05, 0) is 70.1 Å². The summed E-state index contributed by atoms with van der Waals surface area (Å²) in [5.41, 5.74) is -1.17. The Kier molecular flexibility index (Phi) is 3.56. The predicted molar refractivity (Wildman–Crippen MR) is 90.2 cm³/mol. The minimum absolute atomic E-state index is 0.120. The lowest BCUT2D eigenvalue weighted by Gasteiger charge is -2.59. The van der Waals surface area contributed by atoms with Gasteiger partial charge in [0.1, 0.15) is 5.60 Å². The van der Waals surface area contributed by atoms with Crippen LogP contribution in [0.1, 0.15) is 59.3 Å². The fourth-order valence-corrected chi connectivity index (χ4v) is 6.84. The molecule has 0 amide bonds. The van der Waals surface area contributed by atoms with Crippen LogP contribution in [0.2, 0.25) is 0 Å². The molecule has 0 aromatic rings. The number of ether oxygens (including phenoxy) is 1. The first-order valence-corrected chi connectivity index (χ1v) is 9.48. The van der Waals surface area contributed by atoms with Crippen molar-refractivity contribution in [1.29, 1.82) is 0 Å². The Balaban J connectivity index is 1.72. The van der Waals surface area contributed by atoms with Crippen LogP contribution in [0.4, 0.5) is 0 Å². The zero-order valence-electron chi connectivity index (χ0n) is 15.2. The van der Waals surface area contributed by atoms with Crippen molar-refractivity contribution in [3.63, 3.8) is 0 Å². The molecular formula is C20H28O5. The largest absolute Gasteiger partial charge is 0.432 e. The van der Waals surface area contributed by atoms with E-state index in [4.69, 9.17) is 4.74 Å². The first-order chi connectivity index (χ1) is 11.6. The molecule has 3 aliphatic carbocycles. The van der Waals surface area contributed by atoms with E-state index in [1.54, 1.807) is 6.08 Å². The maximum Gasteiger partial charge on any atom is 0.333 e. The predicted octanol–water partition coefficient (Wildman–Crippen LogP) is 2.35. The summed E-state index contributed by atoms with van der Waals surface area (Å²) in [5.74, 6) is 0.239. The van der Waals surface area contributed by atoms with Gasteiger partial charge in [-0.3, -0.25) is 4.79 Å². The van der Waals surface area contributed by atoms with Gasteiger partial charge in [0.05, 0.1) is 5.41 Å². The molecule has 25 heavy (non-hydrogen) atoms. The highest BCUT2D eigenvalue weighted by Gasteiger charge is 2.66. The summed E-state index contributed by atoms with van der Waals surface area (Å²) in [5, 5.41) is 21.7. The van der Waals surface area contributed by atoms with E-state index in [2.05, 4.69) is 6.92 Å². The van der Waals surface area contributed by atoms with Gasteiger partial charge in [-0.15, -0.1) is 0 Å². The molecule has 0 aromatic carbocycles. The molecular weight excluding hydrogens is 320 g/mol. The number of fused-ring (bicyclic) bond motifs is 5. The molecule has 3 saturated carbocycles. The Labute approximate surface area is 148 Å². The normalized spacial score (nSPS) is 51.7. The number of carbonyl (C=O) groups excluding carboxylic acids is 2. The molecule has 5 heteroatoms. The number of hydrogen-bond acceptors (Lipinski definition) is 5. The SMILES string of the molecule is CC(=O)[C@@]1(O)CC[C@H]2[C@@H]3CCC4=CC(=O)O[C@H](O)[C@]4(C)[C@H]3CC[C@@]21C. The third kappa shape index (κ3) is 1.97. The number of rotatable bonds is 1. The summed E-state index contributed by atoms with van der Waals surface area (Å²) in [6.45, 7) is 5.60. The first kappa shape index (κ1) is 17.2. The van der Waals surface area contributed by atoms with Crippen molar-refractivity contribution in [1.82, 2.24) is 0 Å². The van der Waals surface area contributed by atoms with Crippen LogP contribution in [-0.4, -0.2) is 33.9 Å². The molecule has 1 heterocycles. The van der Waals surface area contributed by atoms with E-state index in [0.29, 0.717) is 12.3 Å². The molecule has 7 atom stereocenters. The van der Waals surface area contributed by atoms with E-state index in [1.165, 1.54) is 6.92 Å². The van der Waals surface area contributed by atoms with Gasteiger partial charge in [-0.25, -0.2) is 4.79 Å². The highest BCUT2D eigenvalue weighted by atomic mass is 16.6. The number of hydrogen-bond donors (Lipinski definition) is 2. The van der Waals surface area contributed by atoms with Crippen molar-refractivity contribution < 1.29 is 24.5 Å². The molecule has 0 radical (unpaired) electrons. The molecule has 138 valence electrons. The molecule has 0 saturated heterocycles. The Morgan fingerprint density at radius 2 is 1.88 bits per heavy atom. The molecule has 0 unspecified atom stereocenters. The molecule has 2 N–H and O–H groups in total. The summed E-state index contributed by atoms with van der Waals surface area (Å²) in [4.78, 5) is 23.9. The van der Waals surface area contributed by atoms with Crippen LogP contribution >= 0.6 is 0 Å². The third-order valence-electron chi connectivity index (χ3n) is 8.41. The Hall–Kier alpha value is -1.20. The maximum absolute atomic E-state index is 12.2. The van der Waals surface area contributed by atoms with E-state index in [-0.39, 0.29) is 17.6 Å². The standard InChI is InChI=1S/C20H28O5/c1-11(21)20(24)9-7-14-13-5-4-12-10-16(22)25-17(23)19(12,3)15(13)6-8-18(14,20)2/h10,13-15,17,23-24H,4-9H2,1-3H3/t13-,14-,15-,17-,18-,19-,20-/m0/s1. The van der Waals surface area contributed by atoms with E-state index in [0.717, 1.165) is 37.7 Å². The summed E-state index contributed by atoms with van der Waals surface area (Å²) in [6, 6.07) is 0. The van der Waals surface area contributed by atoms with Crippen LogP contribution in [0.15, 0.2) is 11.6 Å². The number of esters is 1. The Morgan fingerprint density at radius 3 is 2.56 bits per heavy atom. The van der Waals surface area contributed by atoms with Crippen molar-refractivity contribution in [2.24, 2.45) is 28.6 Å². The van der Waals surface area contributed by atoms with Crippen LogP contribution in [0.3, 0.4) is 0 Å². The lowest BCUT2D eigenvalue weighted by molar-refractivity contribution is -0.212. The van der Waals surface area contributed by atoms with Crippen molar-refractivity contribution in [2.45, 2.75) is 71.2 Å². The molecule has 0 bridgehead atoms. The fourth-order valence-electron chi connectivity index (χ4n) is 6.84. The lowest BCUT2D eigenvalue weighted by atomic mass is 9.47. The summed E-state index contributed by atoms with van der Waals surface area (Å²) < 4.78 is 5.16. The molecule has 1 aliphatic heterocycles. The highest BCUT2D eigenvalue weighted by molar-refractivity contribution is 5.86. The summed E-state index contributed by atoms with van der Waals surface area (Å²) in [6.07, 6.45) is 5.15. The van der Waals surface area contributed by atoms with Gasteiger partial charge in [0.25, 0.3) is 0 Å². The summed E-state index contributed by atoms with van der Waals surface area (Å²) in [7, 11) is 0. The third-order valence-corrected chi connectivity index (χ3v) is 8.41. The van der Waals surface area contributed by atoms with E-state index in [1.807, 2.05) is 6.92 Å². The second-order valence-electron chi connectivity index (χ2n) is 9.07. The monoisotopic (exact) mass is 348 g/mol. The fraction of sp³-hybridized carbons (Fsp3) is 0.800. The van der Waals surface area contributed by atoms with Gasteiger partial charge in [0.2, 0.25) is 6.29 Å². The smallest absolute Gasteiger partial charge is 0.333 e. The topological polar surface area (TPSA) is 83.8 Å². The highest BCUT2D eigenvalue weighted by Crippen LogP contribution is 2.67. The van der Waals surface area contributed by atoms with Gasteiger partial charge in [-0.2, -0.15) is 0 Å². The number of aliphatic hydroxyl groups is 2. The average Bonchev–Trinajstić information content (AvgIpc) is 2.82. The Morgan fingerprint density at radius 1 is 1.20 bits per heavy atom. The van der Waals surface area contributed by atoms with Gasteiger partial charge >= 0.3 is 5.97 Å². The van der Waals surface area contributed by atoms with Crippen molar-refractivity contribution >= 4 is 11.8 Å². The summed E-state index contributed by atoms with van der Waals surface area (Å²) >= 11 is 0. The molecule has 5 nitrogen and oxygen atoms in total. The van der Waals surface area contributed by atoms with Crippen LogP contribution in [0.25, 0.3) is 0 Å². The number of ketones is 1. The first-order valence-electron chi connectivity index (χ1n) is 9.48. The van der Waals surface area contributed by atoms with Crippen LogP contribution in [-0.2, 0) is 14.3 Å². The van der Waals surface area contributed by atoms with Gasteiger partial charge in [-0.1, -0.05) is 12.5 Å². The zero-order chi connectivity index (χ0) is 18.2. The van der Waals surface area contributed by atoms with Crippen molar-refractivity contribution in [3.05, 3.63) is 11.6 Å². The van der Waals surface area contributed by atoms with E-state index >= 15 is 0 Å². The number of cyclic esters (lactones) is 1. The van der Waals surface area contributed by atoms with Gasteiger partial charge in [0.15, 0.2) is 5.78 Å². The lowest BCUT2D eigenvalue weighted by Crippen LogP contribution is -2.59. The van der Waals surface area contributed by atoms with Crippen molar-refractivity contribution in [2.75, 3.05) is 0 Å². The second-order valence-corrected chi connectivity index (χ2v) is 9.07. The number of Topliss-reactive ketones (excluding diaryl/α,β-unsaturated/α-hetero) is 1. The van der Waals surface area contributed by atoms with Gasteiger partial charge in [0, 0.05) is 11.5 Å². The minimum atomic E-state index is -1.22. The molecule has 0 aromatic heterocycles. The second kappa shape index (κ2) is 5.17. The zero-order valence-corrected chi connectivity index (χ0v) is 15.2. The van der Waals surface area contributed by atoms with E-state index in [9.17, 15) is 19.8 Å². The van der Waals surface area contributed by atoms with Crippen LogP contribution < -0.4 is 0 Å². The van der Waals surface area contributed by atoms with Crippen molar-refractivity contribution in [3.8, 4) is 0 Å². The molecule has 4 aliphatic rings. The molecule has 0 spiro atoms. The average molecular weight is 348 g/mol. The Bertz CT molecular complexity index is 669. The number of carbonyl (C=O) groups is 2. The van der Waals surface area contributed by atoms with Crippen LogP contribution in [0.5, 0.6) is 0 Å². The molecule has 3 fully saturated rings. The van der Waals surface area contributed by atoms with E-state index < -0.39 is 28.7 Å². The number of aliphatic hydroxyl groups excluding tert-OH is 1. The van der Waals surface area contributed by atoms with Gasteiger partial charge < -0.3 is 14.9 Å².